The number of hydrogen-bond donors (Lipinski definition) is 1. The first-order valence-electron chi connectivity index (χ1n) is 8.87. The van der Waals surface area contributed by atoms with E-state index in [4.69, 9.17) is 0 Å². The molecule has 2 aromatic rings. The summed E-state index contributed by atoms with van der Waals surface area (Å²) in [5, 5.41) is 8.48. The summed E-state index contributed by atoms with van der Waals surface area (Å²) in [6.45, 7) is 7.37. The van der Waals surface area contributed by atoms with E-state index >= 15 is 0 Å². The number of carbonyl (C=O) groups excluding carboxylic acids is 1. The van der Waals surface area contributed by atoms with Crippen molar-refractivity contribution in [1.29, 1.82) is 0 Å². The average molecular weight is 394 g/mol. The first-order valence-corrected chi connectivity index (χ1v) is 9.66. The largest absolute Gasteiger partial charge is 0.350 e. The molecule has 1 heterocycles. The molecule has 0 radical (unpaired) electrons. The van der Waals surface area contributed by atoms with E-state index in [2.05, 4.69) is 47.1 Å². The first-order chi connectivity index (χ1) is 11.5. The lowest BCUT2D eigenvalue weighted by Crippen LogP contribution is -2.37. The number of amides is 1. The number of aryl methyl sites for hydroxylation is 1. The third kappa shape index (κ3) is 3.82. The zero-order valence-electron chi connectivity index (χ0n) is 15.2. The molecule has 2 rings (SSSR count). The van der Waals surface area contributed by atoms with Crippen LogP contribution < -0.4 is 5.32 Å². The van der Waals surface area contributed by atoms with Gasteiger partial charge in [-0.15, -0.1) is 0 Å². The van der Waals surface area contributed by atoms with E-state index in [1.54, 1.807) is 4.68 Å². The van der Waals surface area contributed by atoms with Gasteiger partial charge in [0.25, 0.3) is 5.91 Å². The maximum absolute atomic E-state index is 12.8. The highest BCUT2D eigenvalue weighted by Gasteiger charge is 2.28. The summed E-state index contributed by atoms with van der Waals surface area (Å²) >= 11 is 3.55. The number of fused-ring (bicyclic) bond motifs is 1. The van der Waals surface area contributed by atoms with E-state index in [1.807, 2.05) is 25.2 Å². The fraction of sp³-hybridized carbons (Fsp3) is 0.579. The van der Waals surface area contributed by atoms with Gasteiger partial charge in [-0.05, 0) is 36.8 Å². The molecule has 0 aliphatic rings. The Morgan fingerprint density at radius 2 is 1.92 bits per heavy atom. The summed E-state index contributed by atoms with van der Waals surface area (Å²) in [4.78, 5) is 12.8. The molecule has 0 aliphatic heterocycles. The summed E-state index contributed by atoms with van der Waals surface area (Å²) in [5.74, 6) is -0.0856. The average Bonchev–Trinajstić information content (AvgIpc) is 2.91. The Labute approximate surface area is 153 Å². The molecule has 5 heteroatoms. The molecule has 1 aromatic heterocycles. The molecule has 0 unspecified atom stereocenters. The molecule has 24 heavy (non-hydrogen) atoms. The molecule has 1 aromatic carbocycles. The molecular weight excluding hydrogens is 366 g/mol. The van der Waals surface area contributed by atoms with Gasteiger partial charge in [0.05, 0.1) is 5.52 Å². The molecular formula is C19H28BrN3O. The maximum Gasteiger partial charge on any atom is 0.272 e. The SMILES string of the molecule is CCCC(CC)(CCC)CNC(=O)c1nn(C)c2cccc(Br)c12. The lowest BCUT2D eigenvalue weighted by Gasteiger charge is -2.32. The van der Waals surface area contributed by atoms with E-state index < -0.39 is 0 Å². The summed E-state index contributed by atoms with van der Waals surface area (Å²) in [5.41, 5.74) is 1.65. The van der Waals surface area contributed by atoms with Crippen molar-refractivity contribution in [3.63, 3.8) is 0 Å². The van der Waals surface area contributed by atoms with Crippen LogP contribution in [0.4, 0.5) is 0 Å². The Bertz CT molecular complexity index is 702. The number of carbonyl (C=O) groups is 1. The molecule has 1 N–H and O–H groups in total. The van der Waals surface area contributed by atoms with Crippen LogP contribution in [0.5, 0.6) is 0 Å². The molecule has 4 nitrogen and oxygen atoms in total. The second kappa shape index (κ2) is 8.15. The predicted octanol–water partition coefficient (Wildman–Crippen LogP) is 5.06. The van der Waals surface area contributed by atoms with Crippen molar-refractivity contribution < 1.29 is 4.79 Å². The number of nitrogens with zero attached hydrogens (tertiary/aromatic N) is 2. The summed E-state index contributed by atoms with van der Waals surface area (Å²) < 4.78 is 2.67. The fourth-order valence-electron chi connectivity index (χ4n) is 3.62. The van der Waals surface area contributed by atoms with Crippen molar-refractivity contribution in [3.05, 3.63) is 28.4 Å². The van der Waals surface area contributed by atoms with Gasteiger partial charge in [-0.3, -0.25) is 9.48 Å². The van der Waals surface area contributed by atoms with Gasteiger partial charge in [-0.1, -0.05) is 55.6 Å². The highest BCUT2D eigenvalue weighted by Crippen LogP contribution is 2.33. The molecule has 0 atom stereocenters. The van der Waals surface area contributed by atoms with Crippen LogP contribution in [-0.4, -0.2) is 22.2 Å². The van der Waals surface area contributed by atoms with Gasteiger partial charge in [0, 0.05) is 23.5 Å². The summed E-state index contributed by atoms with van der Waals surface area (Å²) in [7, 11) is 1.87. The topological polar surface area (TPSA) is 46.9 Å². The predicted molar refractivity (Wildman–Crippen MR) is 103 cm³/mol. The number of benzene rings is 1. The third-order valence-corrected chi connectivity index (χ3v) is 5.64. The van der Waals surface area contributed by atoms with Gasteiger partial charge in [0.1, 0.15) is 0 Å². The normalized spacial score (nSPS) is 11.9. The van der Waals surface area contributed by atoms with E-state index in [-0.39, 0.29) is 11.3 Å². The van der Waals surface area contributed by atoms with Crippen LogP contribution in [0, 0.1) is 5.41 Å². The van der Waals surface area contributed by atoms with Gasteiger partial charge in [0.15, 0.2) is 5.69 Å². The zero-order valence-corrected chi connectivity index (χ0v) is 16.7. The van der Waals surface area contributed by atoms with Crippen LogP contribution in [0.2, 0.25) is 0 Å². The number of hydrogen-bond acceptors (Lipinski definition) is 2. The quantitative estimate of drug-likeness (QED) is 0.680. The van der Waals surface area contributed by atoms with Gasteiger partial charge in [-0.2, -0.15) is 5.10 Å². The summed E-state index contributed by atoms with van der Waals surface area (Å²) in [6.07, 6.45) is 5.65. The number of nitrogens with one attached hydrogen (secondary N) is 1. The highest BCUT2D eigenvalue weighted by molar-refractivity contribution is 9.10. The fourth-order valence-corrected chi connectivity index (χ4v) is 4.17. The Hall–Kier alpha value is -1.36. The molecule has 0 saturated heterocycles. The van der Waals surface area contributed by atoms with Crippen LogP contribution in [0.3, 0.4) is 0 Å². The molecule has 1 amide bonds. The van der Waals surface area contributed by atoms with Crippen molar-refractivity contribution in [2.75, 3.05) is 6.54 Å². The van der Waals surface area contributed by atoms with Crippen LogP contribution >= 0.6 is 15.9 Å². The first kappa shape index (κ1) is 19.0. The Morgan fingerprint density at radius 1 is 1.25 bits per heavy atom. The van der Waals surface area contributed by atoms with Crippen molar-refractivity contribution in [2.24, 2.45) is 12.5 Å². The summed E-state index contributed by atoms with van der Waals surface area (Å²) in [6, 6.07) is 5.89. The lowest BCUT2D eigenvalue weighted by molar-refractivity contribution is 0.0914. The third-order valence-electron chi connectivity index (χ3n) is 4.98. The minimum atomic E-state index is -0.0856. The Kier molecular flexibility index (Phi) is 6.44. The molecule has 0 bridgehead atoms. The van der Waals surface area contributed by atoms with E-state index in [0.29, 0.717) is 12.2 Å². The number of rotatable bonds is 8. The molecule has 132 valence electrons. The van der Waals surface area contributed by atoms with Gasteiger partial charge < -0.3 is 5.32 Å². The monoisotopic (exact) mass is 393 g/mol. The van der Waals surface area contributed by atoms with Crippen molar-refractivity contribution >= 4 is 32.7 Å². The molecule has 0 spiro atoms. The maximum atomic E-state index is 12.8. The van der Waals surface area contributed by atoms with E-state index in [9.17, 15) is 4.79 Å². The second-order valence-corrected chi connectivity index (χ2v) is 7.50. The standard InChI is InChI=1S/C19H28BrN3O/c1-5-11-19(7-3,12-6-2)13-21-18(24)17-16-14(20)9-8-10-15(16)23(4)22-17/h8-10H,5-7,11-13H2,1-4H3,(H,21,24). The lowest BCUT2D eigenvalue weighted by atomic mass is 9.77. The van der Waals surface area contributed by atoms with Crippen LogP contribution in [0.1, 0.15) is 63.4 Å². The van der Waals surface area contributed by atoms with Crippen molar-refractivity contribution in [3.8, 4) is 0 Å². The Morgan fingerprint density at radius 3 is 2.50 bits per heavy atom. The Balaban J connectivity index is 2.24. The zero-order chi connectivity index (χ0) is 17.7. The second-order valence-electron chi connectivity index (χ2n) is 6.64. The van der Waals surface area contributed by atoms with Gasteiger partial charge in [0.2, 0.25) is 0 Å². The number of aromatic nitrogens is 2. The van der Waals surface area contributed by atoms with Crippen LogP contribution in [0.25, 0.3) is 10.9 Å². The van der Waals surface area contributed by atoms with Crippen molar-refractivity contribution in [1.82, 2.24) is 15.1 Å². The highest BCUT2D eigenvalue weighted by atomic mass is 79.9. The minimum absolute atomic E-state index is 0.0856. The number of halogens is 1. The molecule has 0 fully saturated rings. The van der Waals surface area contributed by atoms with Crippen LogP contribution in [-0.2, 0) is 7.05 Å². The molecule has 0 saturated carbocycles. The smallest absolute Gasteiger partial charge is 0.272 e. The van der Waals surface area contributed by atoms with Gasteiger partial charge in [-0.25, -0.2) is 0 Å². The molecule has 0 aliphatic carbocycles. The minimum Gasteiger partial charge on any atom is -0.350 e. The van der Waals surface area contributed by atoms with Gasteiger partial charge >= 0.3 is 0 Å². The van der Waals surface area contributed by atoms with E-state index in [0.717, 1.165) is 47.5 Å². The van der Waals surface area contributed by atoms with Crippen LogP contribution in [0.15, 0.2) is 22.7 Å². The van der Waals surface area contributed by atoms with E-state index in [1.165, 1.54) is 0 Å². The van der Waals surface area contributed by atoms with Crippen molar-refractivity contribution in [2.45, 2.75) is 52.9 Å².